The van der Waals surface area contributed by atoms with E-state index >= 15 is 0 Å². The van der Waals surface area contributed by atoms with E-state index in [1.165, 1.54) is 0 Å². The van der Waals surface area contributed by atoms with Gasteiger partial charge in [-0.25, -0.2) is 0 Å². The van der Waals surface area contributed by atoms with Gasteiger partial charge in [0.05, 0.1) is 25.9 Å². The molecule has 1 aromatic heterocycles. The lowest BCUT2D eigenvalue weighted by atomic mass is 10.0. The van der Waals surface area contributed by atoms with Gasteiger partial charge in [-0.05, 0) is 66.8 Å². The lowest BCUT2D eigenvalue weighted by molar-refractivity contribution is -0.124. The second-order valence-corrected chi connectivity index (χ2v) is 9.55. The number of hydrogen-bond acceptors (Lipinski definition) is 5. The molecular weight excluding hydrogens is 470 g/mol. The third kappa shape index (κ3) is 5.80. The summed E-state index contributed by atoms with van der Waals surface area (Å²) in [7, 11) is 1.61. The minimum Gasteiger partial charge on any atom is -0.493 e. The van der Waals surface area contributed by atoms with Crippen LogP contribution >= 0.6 is 0 Å². The zero-order valence-electron chi connectivity index (χ0n) is 21.3. The predicted octanol–water partition coefficient (Wildman–Crippen LogP) is 4.24. The number of rotatable bonds is 3. The number of carbonyl (C=O) groups is 2. The summed E-state index contributed by atoms with van der Waals surface area (Å²) in [6.45, 7) is 3.37. The Labute approximate surface area is 216 Å². The maximum absolute atomic E-state index is 13.2. The number of aromatic nitrogens is 1. The largest absolute Gasteiger partial charge is 0.493 e. The quantitative estimate of drug-likeness (QED) is 0.558. The van der Waals surface area contributed by atoms with Crippen LogP contribution in [0.4, 0.5) is 0 Å². The lowest BCUT2D eigenvalue weighted by Gasteiger charge is -2.38. The van der Waals surface area contributed by atoms with Gasteiger partial charge in [0.1, 0.15) is 11.4 Å². The van der Waals surface area contributed by atoms with E-state index in [4.69, 9.17) is 14.2 Å². The first-order chi connectivity index (χ1) is 18.0. The second kappa shape index (κ2) is 11.1. The molecule has 1 saturated heterocycles. The van der Waals surface area contributed by atoms with E-state index in [2.05, 4.69) is 10.3 Å². The fourth-order valence-electron chi connectivity index (χ4n) is 4.92. The van der Waals surface area contributed by atoms with Gasteiger partial charge in [-0.3, -0.25) is 9.59 Å². The molecule has 37 heavy (non-hydrogen) atoms. The molecule has 3 heterocycles. The van der Waals surface area contributed by atoms with Gasteiger partial charge in [-0.15, -0.1) is 0 Å². The molecule has 0 aliphatic carbocycles. The van der Waals surface area contributed by atoms with Gasteiger partial charge in [0.2, 0.25) is 5.91 Å². The molecule has 3 aromatic rings. The van der Waals surface area contributed by atoms with Gasteiger partial charge in [-0.1, -0.05) is 25.1 Å². The van der Waals surface area contributed by atoms with Crippen molar-refractivity contribution in [2.24, 2.45) is 0 Å². The molecule has 2 aliphatic heterocycles. The van der Waals surface area contributed by atoms with E-state index in [-0.39, 0.29) is 24.0 Å². The predicted molar refractivity (Wildman–Crippen MR) is 139 cm³/mol. The minimum absolute atomic E-state index is 0.0566. The number of likely N-dealkylation sites (tertiary alicyclic amines) is 1. The summed E-state index contributed by atoms with van der Waals surface area (Å²) >= 11 is 0. The molecule has 2 aromatic carbocycles. The zero-order chi connectivity index (χ0) is 25.8. The van der Waals surface area contributed by atoms with Crippen LogP contribution in [0.1, 0.15) is 47.1 Å². The second-order valence-electron chi connectivity index (χ2n) is 9.55. The van der Waals surface area contributed by atoms with Crippen molar-refractivity contribution in [2.45, 2.75) is 51.4 Å². The Hall–Kier alpha value is -3.78. The molecule has 0 unspecified atom stereocenters. The summed E-state index contributed by atoms with van der Waals surface area (Å²) in [5.41, 5.74) is 3.54. The highest BCUT2D eigenvalue weighted by molar-refractivity contribution is 5.92. The van der Waals surface area contributed by atoms with Crippen molar-refractivity contribution in [2.75, 3.05) is 20.2 Å². The van der Waals surface area contributed by atoms with Crippen LogP contribution in [0, 0.1) is 0 Å². The first kappa shape index (κ1) is 24.9. The number of methoxy groups -OCH3 is 1. The number of aromatic amines is 1. The van der Waals surface area contributed by atoms with Crippen LogP contribution in [0.25, 0.3) is 0 Å². The van der Waals surface area contributed by atoms with E-state index < -0.39 is 0 Å². The molecular formula is C29H33N3O5. The maximum atomic E-state index is 13.2. The number of carbonyl (C=O) groups excluding carboxylic acids is 2. The average molecular weight is 504 g/mol. The number of hydrogen-bond donors (Lipinski definition) is 2. The highest BCUT2D eigenvalue weighted by Crippen LogP contribution is 2.33. The van der Waals surface area contributed by atoms with Crippen molar-refractivity contribution in [1.82, 2.24) is 15.2 Å². The normalized spacial score (nSPS) is 20.1. The van der Waals surface area contributed by atoms with Gasteiger partial charge in [0.15, 0.2) is 11.5 Å². The molecule has 2 atom stereocenters. The Balaban J connectivity index is 1.38. The number of H-pyrrole nitrogens is 1. The Morgan fingerprint density at radius 2 is 2.00 bits per heavy atom. The lowest BCUT2D eigenvalue weighted by Crippen LogP contribution is -2.57. The molecule has 2 N–H and O–H groups in total. The summed E-state index contributed by atoms with van der Waals surface area (Å²) in [5.74, 6) is 1.79. The molecule has 2 aliphatic rings. The summed E-state index contributed by atoms with van der Waals surface area (Å²) in [4.78, 5) is 31.2. The Morgan fingerprint density at radius 1 is 1.11 bits per heavy atom. The van der Waals surface area contributed by atoms with Crippen LogP contribution in [0.5, 0.6) is 17.2 Å². The fourth-order valence-corrected chi connectivity index (χ4v) is 4.92. The van der Waals surface area contributed by atoms with Crippen molar-refractivity contribution in [3.05, 3.63) is 77.1 Å². The van der Waals surface area contributed by atoms with Gasteiger partial charge in [0, 0.05) is 25.2 Å². The Bertz CT molecular complexity index is 1270. The van der Waals surface area contributed by atoms with E-state index in [9.17, 15) is 9.59 Å². The molecule has 0 spiro atoms. The van der Waals surface area contributed by atoms with E-state index in [1.54, 1.807) is 12.0 Å². The van der Waals surface area contributed by atoms with Crippen LogP contribution in [-0.4, -0.2) is 54.0 Å². The molecule has 4 bridgehead atoms. The molecule has 2 amide bonds. The number of aryl methyl sites for hydroxylation is 2. The van der Waals surface area contributed by atoms with Crippen molar-refractivity contribution in [3.63, 3.8) is 0 Å². The van der Waals surface area contributed by atoms with Crippen LogP contribution in [0.15, 0.2) is 54.6 Å². The molecule has 5 rings (SSSR count). The van der Waals surface area contributed by atoms with Gasteiger partial charge >= 0.3 is 0 Å². The van der Waals surface area contributed by atoms with Crippen molar-refractivity contribution < 1.29 is 23.8 Å². The van der Waals surface area contributed by atoms with E-state index in [0.717, 1.165) is 23.2 Å². The van der Waals surface area contributed by atoms with Crippen LogP contribution in [0.3, 0.4) is 0 Å². The third-order valence-corrected chi connectivity index (χ3v) is 7.00. The van der Waals surface area contributed by atoms with Crippen molar-refractivity contribution in [1.29, 1.82) is 0 Å². The number of ether oxygens (including phenoxy) is 3. The standard InChI is InChI=1S/C29H33N3O5/c1-3-21-9-10-23(30-21)29(34)32-14-13-25-24(17-32)31-28(33)12-8-19-7-11-26(35-2)27(16-19)37-22-6-4-5-20(15-22)18-36-25/h4-7,9-11,15-16,24-25,30H,3,8,12-14,17-18H2,1-2H3,(H,31,33)/t24-,25+/m0/s1. The van der Waals surface area contributed by atoms with Gasteiger partial charge in [-0.2, -0.15) is 0 Å². The van der Waals surface area contributed by atoms with E-state index in [0.29, 0.717) is 61.9 Å². The summed E-state index contributed by atoms with van der Waals surface area (Å²) in [6, 6.07) is 17.0. The number of nitrogens with zero attached hydrogens (tertiary/aromatic N) is 1. The highest BCUT2D eigenvalue weighted by Gasteiger charge is 2.34. The Morgan fingerprint density at radius 3 is 2.81 bits per heavy atom. The van der Waals surface area contributed by atoms with Crippen LogP contribution in [-0.2, 0) is 29.0 Å². The van der Waals surface area contributed by atoms with Gasteiger partial charge < -0.3 is 29.4 Å². The molecule has 0 saturated carbocycles. The molecule has 1 fully saturated rings. The molecule has 194 valence electrons. The zero-order valence-corrected chi connectivity index (χ0v) is 21.3. The SMILES string of the molecule is CCc1ccc(C(=O)N2CC[C@H]3OCc4cccc(c4)Oc4cc(ccc4OC)CCC(=O)N[C@H]3C2)[nH]1. The van der Waals surface area contributed by atoms with Crippen LogP contribution < -0.4 is 14.8 Å². The summed E-state index contributed by atoms with van der Waals surface area (Å²) in [6.07, 6.45) is 2.12. The third-order valence-electron chi connectivity index (χ3n) is 7.00. The van der Waals surface area contributed by atoms with Gasteiger partial charge in [0.25, 0.3) is 5.91 Å². The number of nitrogens with one attached hydrogen (secondary N) is 2. The smallest absolute Gasteiger partial charge is 0.270 e. The molecule has 8 heteroatoms. The fraction of sp³-hybridized carbons (Fsp3) is 0.379. The molecule has 0 radical (unpaired) electrons. The number of fused-ring (bicyclic) bond motifs is 5. The monoisotopic (exact) mass is 503 g/mol. The van der Waals surface area contributed by atoms with E-state index in [1.807, 2.05) is 61.5 Å². The summed E-state index contributed by atoms with van der Waals surface area (Å²) in [5, 5.41) is 3.15. The Kier molecular flexibility index (Phi) is 7.46. The minimum atomic E-state index is -0.304. The first-order valence-electron chi connectivity index (χ1n) is 12.8. The first-order valence-corrected chi connectivity index (χ1v) is 12.8. The molecule has 8 nitrogen and oxygen atoms in total. The summed E-state index contributed by atoms with van der Waals surface area (Å²) < 4.78 is 17.9. The number of amides is 2. The van der Waals surface area contributed by atoms with Crippen molar-refractivity contribution >= 4 is 11.8 Å². The highest BCUT2D eigenvalue weighted by atomic mass is 16.5. The van der Waals surface area contributed by atoms with Crippen LogP contribution in [0.2, 0.25) is 0 Å². The maximum Gasteiger partial charge on any atom is 0.270 e. The van der Waals surface area contributed by atoms with Crippen molar-refractivity contribution in [3.8, 4) is 17.2 Å². The topological polar surface area (TPSA) is 92.9 Å². The number of benzene rings is 2. The number of piperidine rings is 1. The average Bonchev–Trinajstić information content (AvgIpc) is 3.40.